The number of carbonyl (C=O) groups excluding carboxylic acids is 1. The molecule has 4 heterocycles. The van der Waals surface area contributed by atoms with Crippen LogP contribution in [-0.2, 0) is 12.1 Å². The third-order valence-corrected chi connectivity index (χ3v) is 5.38. The lowest BCUT2D eigenvalue weighted by molar-refractivity contribution is -0.142. The maximum Gasteiger partial charge on any atom is 0.408 e. The van der Waals surface area contributed by atoms with Crippen molar-refractivity contribution in [1.82, 2.24) is 19.7 Å². The van der Waals surface area contributed by atoms with Crippen molar-refractivity contribution >= 4 is 11.6 Å². The SMILES string of the molecule is Cc1cc(-c2cncc(OCC(F)F)c2)nc2c1C(=O)N(c1cnn(CC(F)(F)F)c1)C2(C)C. The summed E-state index contributed by atoms with van der Waals surface area (Å²) in [6, 6.07) is 3.18. The van der Waals surface area contributed by atoms with E-state index in [0.717, 1.165) is 4.68 Å². The van der Waals surface area contributed by atoms with E-state index in [-0.39, 0.29) is 11.4 Å². The molecule has 34 heavy (non-hydrogen) atoms. The third kappa shape index (κ3) is 4.44. The van der Waals surface area contributed by atoms with E-state index >= 15 is 0 Å². The highest BCUT2D eigenvalue weighted by atomic mass is 19.4. The number of hydrogen-bond acceptors (Lipinski definition) is 5. The standard InChI is InChI=1S/C22H20F5N5O2/c1-12-4-16(13-5-15(8-28-6-13)34-10-17(23)24)30-19-18(12)20(33)32(21(19,2)3)14-7-29-31(9-14)11-22(25,26)27/h4-9,17H,10-11H2,1-3H3. The van der Waals surface area contributed by atoms with Gasteiger partial charge in [-0.05, 0) is 38.5 Å². The van der Waals surface area contributed by atoms with Crippen molar-refractivity contribution in [2.24, 2.45) is 0 Å². The van der Waals surface area contributed by atoms with Crippen molar-refractivity contribution in [3.8, 4) is 17.0 Å². The van der Waals surface area contributed by atoms with E-state index in [4.69, 9.17) is 4.74 Å². The fourth-order valence-electron chi connectivity index (χ4n) is 3.98. The molecule has 1 aliphatic rings. The molecule has 180 valence electrons. The average molecular weight is 481 g/mol. The van der Waals surface area contributed by atoms with Gasteiger partial charge in [-0.1, -0.05) is 0 Å². The van der Waals surface area contributed by atoms with Crippen molar-refractivity contribution in [2.45, 2.75) is 45.5 Å². The van der Waals surface area contributed by atoms with Crippen LogP contribution in [0.5, 0.6) is 5.75 Å². The van der Waals surface area contributed by atoms with Crippen LogP contribution in [0.25, 0.3) is 11.3 Å². The second-order valence-corrected chi connectivity index (χ2v) is 8.37. The normalized spacial score (nSPS) is 15.2. The molecule has 0 radical (unpaired) electrons. The van der Waals surface area contributed by atoms with Crippen molar-refractivity contribution in [1.29, 1.82) is 0 Å². The molecule has 3 aromatic heterocycles. The number of rotatable bonds is 6. The molecule has 0 saturated heterocycles. The van der Waals surface area contributed by atoms with Gasteiger partial charge < -0.3 is 4.74 Å². The van der Waals surface area contributed by atoms with Gasteiger partial charge in [0.15, 0.2) is 0 Å². The summed E-state index contributed by atoms with van der Waals surface area (Å²) in [5.74, 6) is -0.262. The van der Waals surface area contributed by atoms with Gasteiger partial charge in [-0.2, -0.15) is 18.3 Å². The molecule has 0 spiro atoms. The summed E-state index contributed by atoms with van der Waals surface area (Å²) >= 11 is 0. The summed E-state index contributed by atoms with van der Waals surface area (Å²) in [4.78, 5) is 23.3. The predicted octanol–water partition coefficient (Wildman–Crippen LogP) is 4.75. The first-order valence-electron chi connectivity index (χ1n) is 10.2. The highest BCUT2D eigenvalue weighted by Gasteiger charge is 2.47. The van der Waals surface area contributed by atoms with Gasteiger partial charge in [0.05, 0.1) is 40.6 Å². The van der Waals surface area contributed by atoms with Crippen molar-refractivity contribution in [3.63, 3.8) is 0 Å². The largest absolute Gasteiger partial charge is 0.486 e. The van der Waals surface area contributed by atoms with Gasteiger partial charge in [-0.3, -0.25) is 19.4 Å². The number of aryl methyl sites for hydroxylation is 1. The van der Waals surface area contributed by atoms with Gasteiger partial charge in [-0.15, -0.1) is 0 Å². The summed E-state index contributed by atoms with van der Waals surface area (Å²) in [7, 11) is 0. The van der Waals surface area contributed by atoms with Crippen LogP contribution in [0.2, 0.25) is 0 Å². The Hall–Kier alpha value is -3.57. The molecule has 1 amide bonds. The highest BCUT2D eigenvalue weighted by Crippen LogP contribution is 2.43. The number of carbonyl (C=O) groups is 1. The fourth-order valence-corrected chi connectivity index (χ4v) is 3.98. The highest BCUT2D eigenvalue weighted by molar-refractivity contribution is 6.12. The van der Waals surface area contributed by atoms with Gasteiger partial charge in [0.25, 0.3) is 12.3 Å². The summed E-state index contributed by atoms with van der Waals surface area (Å²) < 4.78 is 68.9. The zero-order valence-corrected chi connectivity index (χ0v) is 18.4. The Kier molecular flexibility index (Phi) is 5.78. The summed E-state index contributed by atoms with van der Waals surface area (Å²) in [5, 5.41) is 3.74. The van der Waals surface area contributed by atoms with Gasteiger partial charge in [0.2, 0.25) is 0 Å². The van der Waals surface area contributed by atoms with Gasteiger partial charge in [-0.25, -0.2) is 13.8 Å². The van der Waals surface area contributed by atoms with E-state index in [1.165, 1.54) is 35.8 Å². The number of nitrogens with zero attached hydrogens (tertiary/aromatic N) is 5. The number of pyridine rings is 2. The zero-order valence-electron chi connectivity index (χ0n) is 18.4. The third-order valence-electron chi connectivity index (χ3n) is 5.38. The molecule has 12 heteroatoms. The minimum atomic E-state index is -4.45. The molecule has 0 atom stereocenters. The van der Waals surface area contributed by atoms with Crippen LogP contribution in [0.4, 0.5) is 27.6 Å². The number of hydrogen-bond donors (Lipinski definition) is 0. The number of halogens is 5. The molecule has 1 aliphatic heterocycles. The number of amides is 1. The molecule has 0 N–H and O–H groups in total. The van der Waals surface area contributed by atoms with E-state index in [1.54, 1.807) is 26.8 Å². The van der Waals surface area contributed by atoms with Crippen LogP contribution < -0.4 is 9.64 Å². The molecule has 7 nitrogen and oxygen atoms in total. The molecule has 0 bridgehead atoms. The quantitative estimate of drug-likeness (QED) is 0.475. The molecule has 0 aromatic carbocycles. The van der Waals surface area contributed by atoms with Gasteiger partial charge >= 0.3 is 6.18 Å². The Morgan fingerprint density at radius 1 is 1.15 bits per heavy atom. The average Bonchev–Trinajstić information content (AvgIpc) is 3.24. The molecule has 0 aliphatic carbocycles. The van der Waals surface area contributed by atoms with E-state index in [9.17, 15) is 26.7 Å². The van der Waals surface area contributed by atoms with Gasteiger partial charge in [0, 0.05) is 18.0 Å². The Balaban J connectivity index is 1.71. The molecule has 4 rings (SSSR count). The lowest BCUT2D eigenvalue weighted by Crippen LogP contribution is -2.39. The summed E-state index contributed by atoms with van der Waals surface area (Å²) in [6.07, 6.45) is -1.91. The topological polar surface area (TPSA) is 73.1 Å². The summed E-state index contributed by atoms with van der Waals surface area (Å²) in [5.41, 5.74) is 1.52. The maximum absolute atomic E-state index is 13.3. The van der Waals surface area contributed by atoms with E-state index < -0.39 is 37.2 Å². The maximum atomic E-state index is 13.3. The Morgan fingerprint density at radius 2 is 1.88 bits per heavy atom. The van der Waals surface area contributed by atoms with Crippen molar-refractivity contribution in [2.75, 3.05) is 11.5 Å². The number of ether oxygens (including phenoxy) is 1. The minimum absolute atomic E-state index is 0.145. The first kappa shape index (κ1) is 23.6. The number of fused-ring (bicyclic) bond motifs is 1. The van der Waals surface area contributed by atoms with Crippen molar-refractivity contribution < 1.29 is 31.5 Å². The lowest BCUT2D eigenvalue weighted by atomic mass is 9.96. The number of aromatic nitrogens is 4. The van der Waals surface area contributed by atoms with Crippen LogP contribution in [-0.4, -0.2) is 44.9 Å². The molecule has 3 aromatic rings. The molecule has 0 unspecified atom stereocenters. The second-order valence-electron chi connectivity index (χ2n) is 8.37. The van der Waals surface area contributed by atoms with E-state index in [2.05, 4.69) is 15.1 Å². The Morgan fingerprint density at radius 3 is 2.56 bits per heavy atom. The summed E-state index contributed by atoms with van der Waals surface area (Å²) in [6.45, 7) is 3.13. The van der Waals surface area contributed by atoms with E-state index in [0.29, 0.717) is 28.1 Å². The van der Waals surface area contributed by atoms with Crippen LogP contribution >= 0.6 is 0 Å². The first-order valence-corrected chi connectivity index (χ1v) is 10.2. The van der Waals surface area contributed by atoms with Crippen LogP contribution in [0.15, 0.2) is 36.9 Å². The molecular formula is C22H20F5N5O2. The zero-order chi connectivity index (χ0) is 24.8. The fraction of sp³-hybridized carbons (Fsp3) is 0.364. The molecule has 0 saturated carbocycles. The van der Waals surface area contributed by atoms with Crippen LogP contribution in [0.3, 0.4) is 0 Å². The van der Waals surface area contributed by atoms with Crippen LogP contribution in [0, 0.1) is 6.92 Å². The van der Waals surface area contributed by atoms with Crippen LogP contribution in [0.1, 0.15) is 35.5 Å². The molecular weight excluding hydrogens is 461 g/mol. The second kappa shape index (κ2) is 8.33. The van der Waals surface area contributed by atoms with E-state index in [1.807, 2.05) is 0 Å². The number of alkyl halides is 5. The molecule has 0 fully saturated rings. The predicted molar refractivity (Wildman–Crippen MR) is 112 cm³/mol. The smallest absolute Gasteiger partial charge is 0.408 e. The first-order chi connectivity index (χ1) is 15.9. The Bertz CT molecular complexity index is 1240. The minimum Gasteiger partial charge on any atom is -0.486 e. The monoisotopic (exact) mass is 481 g/mol. The number of anilines is 1. The van der Waals surface area contributed by atoms with Crippen molar-refractivity contribution in [3.05, 3.63) is 53.7 Å². The lowest BCUT2D eigenvalue weighted by Gasteiger charge is -2.30. The van der Waals surface area contributed by atoms with Gasteiger partial charge in [0.1, 0.15) is 18.9 Å². The Labute approximate surface area is 191 Å².